The van der Waals surface area contributed by atoms with E-state index < -0.39 is 6.10 Å². The van der Waals surface area contributed by atoms with Crippen LogP contribution in [0.4, 0.5) is 0 Å². The summed E-state index contributed by atoms with van der Waals surface area (Å²) in [5.41, 5.74) is 0. The van der Waals surface area contributed by atoms with Crippen molar-refractivity contribution >= 4 is 5.91 Å². The molecule has 1 rings (SSSR count). The van der Waals surface area contributed by atoms with Crippen LogP contribution in [0.5, 0.6) is 0 Å². The van der Waals surface area contributed by atoms with Crippen molar-refractivity contribution in [2.45, 2.75) is 51.3 Å². The molecule has 0 saturated carbocycles. The fourth-order valence-corrected chi connectivity index (χ4v) is 1.52. The zero-order chi connectivity index (χ0) is 10.6. The number of carbonyl (C=O) groups excluding carboxylic acids is 1. The van der Waals surface area contributed by atoms with Gasteiger partial charge in [0.05, 0.1) is 18.2 Å². The van der Waals surface area contributed by atoms with E-state index in [4.69, 9.17) is 0 Å². The minimum atomic E-state index is -0.498. The molecule has 1 heterocycles. The Bertz CT molecular complexity index is 189. The molecule has 4 nitrogen and oxygen atoms in total. The van der Waals surface area contributed by atoms with E-state index in [9.17, 15) is 9.90 Å². The van der Waals surface area contributed by atoms with Crippen molar-refractivity contribution in [2.75, 3.05) is 6.54 Å². The number of hydrogen-bond acceptors (Lipinski definition) is 3. The second-order valence-corrected chi connectivity index (χ2v) is 4.04. The smallest absolute Gasteiger partial charge is 0.237 e. The fourth-order valence-electron chi connectivity index (χ4n) is 1.52. The molecule has 1 amide bonds. The molecule has 0 aliphatic carbocycles. The first-order valence-electron chi connectivity index (χ1n) is 5.33. The highest BCUT2D eigenvalue weighted by atomic mass is 16.3. The van der Waals surface area contributed by atoms with E-state index in [0.717, 1.165) is 25.8 Å². The molecule has 1 aliphatic heterocycles. The van der Waals surface area contributed by atoms with Gasteiger partial charge in [-0.3, -0.25) is 4.79 Å². The monoisotopic (exact) mass is 200 g/mol. The number of amides is 1. The molecule has 1 saturated heterocycles. The van der Waals surface area contributed by atoms with Crippen molar-refractivity contribution in [1.82, 2.24) is 10.6 Å². The normalized spacial score (nSPS) is 26.6. The van der Waals surface area contributed by atoms with Gasteiger partial charge in [0.2, 0.25) is 5.91 Å². The van der Waals surface area contributed by atoms with Crippen LogP contribution in [0.15, 0.2) is 0 Å². The van der Waals surface area contributed by atoms with Crippen LogP contribution in [0.1, 0.15) is 33.1 Å². The molecule has 2 unspecified atom stereocenters. The van der Waals surface area contributed by atoms with Gasteiger partial charge in [-0.2, -0.15) is 0 Å². The van der Waals surface area contributed by atoms with E-state index in [0.29, 0.717) is 0 Å². The maximum Gasteiger partial charge on any atom is 0.237 e. The number of aliphatic hydroxyl groups is 1. The number of rotatable bonds is 3. The number of carbonyl (C=O) groups is 1. The van der Waals surface area contributed by atoms with Crippen molar-refractivity contribution in [1.29, 1.82) is 0 Å². The van der Waals surface area contributed by atoms with Crippen LogP contribution >= 0.6 is 0 Å². The van der Waals surface area contributed by atoms with E-state index >= 15 is 0 Å². The molecule has 3 N–H and O–H groups in total. The molecule has 14 heavy (non-hydrogen) atoms. The van der Waals surface area contributed by atoms with Gasteiger partial charge in [0.15, 0.2) is 0 Å². The van der Waals surface area contributed by atoms with Crippen LogP contribution in [-0.2, 0) is 4.79 Å². The zero-order valence-electron chi connectivity index (χ0n) is 8.92. The maximum absolute atomic E-state index is 11.6. The predicted octanol–water partition coefficient (Wildman–Crippen LogP) is 0.0140. The van der Waals surface area contributed by atoms with E-state index in [1.165, 1.54) is 0 Å². The second-order valence-electron chi connectivity index (χ2n) is 4.04. The third kappa shape index (κ3) is 3.27. The number of aliphatic hydroxyl groups excluding tert-OH is 1. The Hall–Kier alpha value is -0.610. The van der Waals surface area contributed by atoms with E-state index in [1.807, 2.05) is 6.92 Å². The number of piperidine rings is 1. The molecule has 0 aromatic rings. The Labute approximate surface area is 85.1 Å². The fraction of sp³-hybridized carbons (Fsp3) is 0.900. The van der Waals surface area contributed by atoms with Crippen LogP contribution in [0, 0.1) is 0 Å². The summed E-state index contributed by atoms with van der Waals surface area (Å²) in [6, 6.07) is -0.240. The second kappa shape index (κ2) is 5.32. The molecule has 3 atom stereocenters. The van der Waals surface area contributed by atoms with Gasteiger partial charge in [0, 0.05) is 0 Å². The van der Waals surface area contributed by atoms with Gasteiger partial charge in [-0.25, -0.2) is 0 Å². The van der Waals surface area contributed by atoms with Crippen molar-refractivity contribution in [3.63, 3.8) is 0 Å². The molecule has 0 radical (unpaired) electrons. The quantitative estimate of drug-likeness (QED) is 0.601. The third-order valence-corrected chi connectivity index (χ3v) is 2.72. The minimum absolute atomic E-state index is 0.0121. The van der Waals surface area contributed by atoms with Crippen LogP contribution < -0.4 is 10.6 Å². The highest BCUT2D eigenvalue weighted by molar-refractivity contribution is 5.82. The summed E-state index contributed by atoms with van der Waals surface area (Å²) in [7, 11) is 0. The SMILES string of the molecule is CC(O)C(C)NC(=O)[C@H]1CCCCN1. The first kappa shape index (κ1) is 11.5. The molecule has 0 aromatic heterocycles. The van der Waals surface area contributed by atoms with Crippen molar-refractivity contribution < 1.29 is 9.90 Å². The Morgan fingerprint density at radius 3 is 2.71 bits per heavy atom. The molecule has 82 valence electrons. The van der Waals surface area contributed by atoms with Gasteiger partial charge < -0.3 is 15.7 Å². The molecular weight excluding hydrogens is 180 g/mol. The van der Waals surface area contributed by atoms with Crippen LogP contribution in [0.2, 0.25) is 0 Å². The molecule has 0 spiro atoms. The number of nitrogens with one attached hydrogen (secondary N) is 2. The predicted molar refractivity (Wildman–Crippen MR) is 54.9 cm³/mol. The standard InChI is InChI=1S/C10H20N2O2/c1-7(8(2)13)12-10(14)9-5-3-4-6-11-9/h7-9,11,13H,3-6H2,1-2H3,(H,12,14)/t7?,8?,9-/m1/s1. The van der Waals surface area contributed by atoms with Crippen LogP contribution in [0.25, 0.3) is 0 Å². The molecular formula is C10H20N2O2. The van der Waals surface area contributed by atoms with Crippen molar-refractivity contribution in [2.24, 2.45) is 0 Å². The van der Waals surface area contributed by atoms with Gasteiger partial charge in [-0.05, 0) is 33.2 Å². The van der Waals surface area contributed by atoms with Gasteiger partial charge in [0.1, 0.15) is 0 Å². The lowest BCUT2D eigenvalue weighted by molar-refractivity contribution is -0.125. The first-order valence-corrected chi connectivity index (χ1v) is 5.33. The number of hydrogen-bond donors (Lipinski definition) is 3. The Morgan fingerprint density at radius 1 is 1.50 bits per heavy atom. The van der Waals surface area contributed by atoms with Gasteiger partial charge in [-0.1, -0.05) is 6.42 Å². The summed E-state index contributed by atoms with van der Waals surface area (Å²) >= 11 is 0. The van der Waals surface area contributed by atoms with Crippen molar-refractivity contribution in [3.8, 4) is 0 Å². The highest BCUT2D eigenvalue weighted by Gasteiger charge is 2.22. The average Bonchev–Trinajstić information content (AvgIpc) is 2.19. The van der Waals surface area contributed by atoms with Gasteiger partial charge in [-0.15, -0.1) is 0 Å². The molecule has 1 fully saturated rings. The maximum atomic E-state index is 11.6. The molecule has 1 aliphatic rings. The lowest BCUT2D eigenvalue weighted by atomic mass is 10.0. The summed E-state index contributed by atoms with van der Waals surface area (Å²) in [6.07, 6.45) is 2.66. The lowest BCUT2D eigenvalue weighted by Gasteiger charge is -2.25. The molecule has 0 aromatic carbocycles. The largest absolute Gasteiger partial charge is 0.391 e. The summed E-state index contributed by atoms with van der Waals surface area (Å²) in [4.78, 5) is 11.6. The summed E-state index contributed by atoms with van der Waals surface area (Å²) in [5, 5.41) is 15.2. The highest BCUT2D eigenvalue weighted by Crippen LogP contribution is 2.07. The summed E-state index contributed by atoms with van der Waals surface area (Å²) < 4.78 is 0. The van der Waals surface area contributed by atoms with Crippen LogP contribution in [-0.4, -0.2) is 35.7 Å². The van der Waals surface area contributed by atoms with Crippen LogP contribution in [0.3, 0.4) is 0 Å². The Morgan fingerprint density at radius 2 is 2.21 bits per heavy atom. The van der Waals surface area contributed by atoms with E-state index in [1.54, 1.807) is 6.92 Å². The summed E-state index contributed by atoms with van der Waals surface area (Å²) in [5.74, 6) is 0.0121. The van der Waals surface area contributed by atoms with Gasteiger partial charge in [0.25, 0.3) is 0 Å². The van der Waals surface area contributed by atoms with Crippen molar-refractivity contribution in [3.05, 3.63) is 0 Å². The van der Waals surface area contributed by atoms with E-state index in [-0.39, 0.29) is 18.0 Å². The summed E-state index contributed by atoms with van der Waals surface area (Å²) in [6.45, 7) is 4.41. The topological polar surface area (TPSA) is 61.4 Å². The van der Waals surface area contributed by atoms with Gasteiger partial charge >= 0.3 is 0 Å². The lowest BCUT2D eigenvalue weighted by Crippen LogP contribution is -2.51. The first-order chi connectivity index (χ1) is 6.61. The zero-order valence-corrected chi connectivity index (χ0v) is 8.92. The molecule has 0 bridgehead atoms. The Balaban J connectivity index is 2.33. The Kier molecular flexibility index (Phi) is 4.35. The van der Waals surface area contributed by atoms with E-state index in [2.05, 4.69) is 10.6 Å². The average molecular weight is 200 g/mol. The molecule has 4 heteroatoms. The minimum Gasteiger partial charge on any atom is -0.391 e. The third-order valence-electron chi connectivity index (χ3n) is 2.72.